The minimum absolute atomic E-state index is 0.0170. The summed E-state index contributed by atoms with van der Waals surface area (Å²) in [4.78, 5) is 27.9. The number of ether oxygens (including phenoxy) is 2. The van der Waals surface area contributed by atoms with Crippen LogP contribution in [0.3, 0.4) is 0 Å². The summed E-state index contributed by atoms with van der Waals surface area (Å²) in [6.07, 6.45) is 0.911. The predicted molar refractivity (Wildman–Crippen MR) is 120 cm³/mol. The summed E-state index contributed by atoms with van der Waals surface area (Å²) in [5, 5.41) is 10.00. The number of rotatable bonds is 8. The fraction of sp³-hybridized carbons (Fsp3) is 0.360. The molecule has 1 N–H and O–H groups in total. The summed E-state index contributed by atoms with van der Waals surface area (Å²) in [7, 11) is 1.55. The molecule has 0 spiro atoms. The Morgan fingerprint density at radius 1 is 1.12 bits per heavy atom. The molecule has 7 heteroatoms. The largest absolute Gasteiger partial charge is 0.493 e. The van der Waals surface area contributed by atoms with Gasteiger partial charge in [0.1, 0.15) is 5.58 Å². The standard InChI is InChI=1S/C25H27NO6/c1-15(2)10-13-31-19-9-8-16(14-20(19)30-3)22-21-23(28)17-6-4-5-7-18(17)32-24(21)25(29)26(22)11-12-27/h4-9,14-15,22,27H,10-13H2,1-3H3/t22-/m0/s1. The Morgan fingerprint density at radius 2 is 1.91 bits per heavy atom. The predicted octanol–water partition coefficient (Wildman–Crippen LogP) is 3.76. The van der Waals surface area contributed by atoms with Crippen molar-refractivity contribution < 1.29 is 23.8 Å². The molecule has 0 unspecified atom stereocenters. The van der Waals surface area contributed by atoms with E-state index in [9.17, 15) is 14.7 Å². The monoisotopic (exact) mass is 437 g/mol. The Morgan fingerprint density at radius 3 is 2.62 bits per heavy atom. The molecule has 168 valence electrons. The third-order valence-electron chi connectivity index (χ3n) is 5.67. The molecule has 1 amide bonds. The van der Waals surface area contributed by atoms with E-state index >= 15 is 0 Å². The van der Waals surface area contributed by atoms with Crippen LogP contribution in [-0.2, 0) is 0 Å². The van der Waals surface area contributed by atoms with E-state index in [4.69, 9.17) is 13.9 Å². The third-order valence-corrected chi connectivity index (χ3v) is 5.67. The zero-order chi connectivity index (χ0) is 22.8. The maximum atomic E-state index is 13.4. The number of para-hydroxylation sites is 1. The van der Waals surface area contributed by atoms with Crippen molar-refractivity contribution in [1.82, 2.24) is 4.90 Å². The number of hydrogen-bond donors (Lipinski definition) is 1. The van der Waals surface area contributed by atoms with Gasteiger partial charge in [-0.05, 0) is 42.2 Å². The summed E-state index contributed by atoms with van der Waals surface area (Å²) < 4.78 is 17.3. The van der Waals surface area contributed by atoms with Crippen molar-refractivity contribution in [2.45, 2.75) is 26.3 Å². The molecule has 0 aliphatic carbocycles. The lowest BCUT2D eigenvalue weighted by Crippen LogP contribution is -2.32. The molecule has 2 aromatic carbocycles. The zero-order valence-corrected chi connectivity index (χ0v) is 18.5. The van der Waals surface area contributed by atoms with Gasteiger partial charge in [-0.1, -0.05) is 32.0 Å². The summed E-state index contributed by atoms with van der Waals surface area (Å²) in [6, 6.07) is 11.6. The molecule has 3 aromatic rings. The number of carbonyl (C=O) groups excluding carboxylic acids is 1. The van der Waals surface area contributed by atoms with Crippen LogP contribution in [0.5, 0.6) is 11.5 Å². The molecule has 2 heterocycles. The lowest BCUT2D eigenvalue weighted by molar-refractivity contribution is 0.0691. The van der Waals surface area contributed by atoms with Crippen LogP contribution in [0.25, 0.3) is 11.0 Å². The number of benzene rings is 2. The van der Waals surface area contributed by atoms with Gasteiger partial charge in [0.15, 0.2) is 16.9 Å². The van der Waals surface area contributed by atoms with E-state index in [0.717, 1.165) is 6.42 Å². The molecular formula is C25H27NO6. The van der Waals surface area contributed by atoms with Gasteiger partial charge in [0, 0.05) is 6.54 Å². The smallest absolute Gasteiger partial charge is 0.290 e. The van der Waals surface area contributed by atoms with Crippen molar-refractivity contribution in [2.75, 3.05) is 26.9 Å². The number of β-amino-alcohol motifs (C(OH)–C–C–N with tert-alkyl or cyclic N) is 1. The van der Waals surface area contributed by atoms with Gasteiger partial charge in [0.2, 0.25) is 5.76 Å². The van der Waals surface area contributed by atoms with Gasteiger partial charge in [-0.2, -0.15) is 0 Å². The molecule has 0 bridgehead atoms. The van der Waals surface area contributed by atoms with E-state index in [1.165, 1.54) is 4.90 Å². The fourth-order valence-electron chi connectivity index (χ4n) is 4.03. The maximum Gasteiger partial charge on any atom is 0.290 e. The van der Waals surface area contributed by atoms with E-state index in [1.807, 2.05) is 6.07 Å². The van der Waals surface area contributed by atoms with Crippen molar-refractivity contribution in [2.24, 2.45) is 5.92 Å². The fourth-order valence-corrected chi connectivity index (χ4v) is 4.03. The second-order valence-electron chi connectivity index (χ2n) is 8.24. The number of amides is 1. The van der Waals surface area contributed by atoms with E-state index in [1.54, 1.807) is 43.5 Å². The summed E-state index contributed by atoms with van der Waals surface area (Å²) >= 11 is 0. The van der Waals surface area contributed by atoms with Crippen LogP contribution in [0.4, 0.5) is 0 Å². The van der Waals surface area contributed by atoms with Crippen molar-refractivity contribution in [3.8, 4) is 11.5 Å². The Bertz CT molecular complexity index is 1200. The normalized spacial score (nSPS) is 15.5. The minimum Gasteiger partial charge on any atom is -0.493 e. The van der Waals surface area contributed by atoms with Crippen LogP contribution < -0.4 is 14.9 Å². The van der Waals surface area contributed by atoms with Gasteiger partial charge in [-0.3, -0.25) is 9.59 Å². The van der Waals surface area contributed by atoms with Crippen molar-refractivity contribution >= 4 is 16.9 Å². The van der Waals surface area contributed by atoms with E-state index < -0.39 is 11.9 Å². The number of hydrogen-bond acceptors (Lipinski definition) is 6. The Labute approximate surface area is 186 Å². The Kier molecular flexibility index (Phi) is 6.19. The third kappa shape index (κ3) is 3.84. The molecule has 0 radical (unpaired) electrons. The highest BCUT2D eigenvalue weighted by molar-refractivity contribution is 5.99. The molecule has 1 aliphatic heterocycles. The molecule has 0 saturated heterocycles. The number of aliphatic hydroxyl groups excluding tert-OH is 1. The molecule has 0 fully saturated rings. The topological polar surface area (TPSA) is 89.2 Å². The first-order chi connectivity index (χ1) is 15.5. The van der Waals surface area contributed by atoms with Gasteiger partial charge in [0.25, 0.3) is 5.91 Å². The van der Waals surface area contributed by atoms with Crippen LogP contribution in [0.1, 0.15) is 48.0 Å². The average Bonchev–Trinajstić information content (AvgIpc) is 3.06. The number of nitrogens with zero attached hydrogens (tertiary/aromatic N) is 1. The highest BCUT2D eigenvalue weighted by Gasteiger charge is 2.42. The lowest BCUT2D eigenvalue weighted by Gasteiger charge is -2.25. The molecule has 1 atom stereocenters. The highest BCUT2D eigenvalue weighted by Crippen LogP contribution is 2.40. The first kappa shape index (κ1) is 21.9. The lowest BCUT2D eigenvalue weighted by atomic mass is 9.98. The van der Waals surface area contributed by atoms with Gasteiger partial charge in [-0.15, -0.1) is 0 Å². The van der Waals surface area contributed by atoms with Crippen LogP contribution in [0, 0.1) is 5.92 Å². The first-order valence-corrected chi connectivity index (χ1v) is 10.7. The average molecular weight is 437 g/mol. The van der Waals surface area contributed by atoms with Crippen LogP contribution in [-0.4, -0.2) is 42.8 Å². The van der Waals surface area contributed by atoms with E-state index in [-0.39, 0.29) is 29.9 Å². The van der Waals surface area contributed by atoms with Gasteiger partial charge < -0.3 is 23.9 Å². The van der Waals surface area contributed by atoms with Crippen molar-refractivity contribution in [3.05, 3.63) is 69.6 Å². The van der Waals surface area contributed by atoms with Gasteiger partial charge >= 0.3 is 0 Å². The molecular weight excluding hydrogens is 410 g/mol. The molecule has 4 rings (SSSR count). The number of fused-ring (bicyclic) bond motifs is 2. The van der Waals surface area contributed by atoms with E-state index in [2.05, 4.69) is 13.8 Å². The number of methoxy groups -OCH3 is 1. The number of carbonyl (C=O) groups is 1. The highest BCUT2D eigenvalue weighted by atomic mass is 16.5. The Balaban J connectivity index is 1.81. The second-order valence-corrected chi connectivity index (χ2v) is 8.24. The second kappa shape index (κ2) is 9.04. The van der Waals surface area contributed by atoms with Crippen LogP contribution in [0.15, 0.2) is 51.7 Å². The summed E-state index contributed by atoms with van der Waals surface area (Å²) in [6.45, 7) is 4.65. The summed E-state index contributed by atoms with van der Waals surface area (Å²) in [5.74, 6) is 1.23. The van der Waals surface area contributed by atoms with Crippen molar-refractivity contribution in [3.63, 3.8) is 0 Å². The SMILES string of the molecule is COc1cc([C@H]2c3c(oc4ccccc4c3=O)C(=O)N2CCO)ccc1OCCC(C)C. The van der Waals surface area contributed by atoms with E-state index in [0.29, 0.717) is 40.6 Å². The van der Waals surface area contributed by atoms with Gasteiger partial charge in [-0.25, -0.2) is 0 Å². The molecule has 1 aromatic heterocycles. The minimum atomic E-state index is -0.691. The zero-order valence-electron chi connectivity index (χ0n) is 18.5. The van der Waals surface area contributed by atoms with Gasteiger partial charge in [0.05, 0.1) is 37.3 Å². The maximum absolute atomic E-state index is 13.4. The molecule has 7 nitrogen and oxygen atoms in total. The molecule has 32 heavy (non-hydrogen) atoms. The summed E-state index contributed by atoms with van der Waals surface area (Å²) in [5.41, 5.74) is 1.07. The first-order valence-electron chi connectivity index (χ1n) is 10.7. The molecule has 0 saturated carbocycles. The van der Waals surface area contributed by atoms with Crippen LogP contribution >= 0.6 is 0 Å². The quantitative estimate of drug-likeness (QED) is 0.577. The number of aliphatic hydroxyl groups is 1. The van der Waals surface area contributed by atoms with Crippen molar-refractivity contribution in [1.29, 1.82) is 0 Å². The Hall–Kier alpha value is -3.32. The van der Waals surface area contributed by atoms with Crippen LogP contribution in [0.2, 0.25) is 0 Å². The molecule has 1 aliphatic rings.